The van der Waals surface area contributed by atoms with Gasteiger partial charge in [0.2, 0.25) is 0 Å². The third kappa shape index (κ3) is 2.37. The molecule has 0 spiro atoms. The van der Waals surface area contributed by atoms with Crippen LogP contribution >= 0.6 is 11.6 Å². The first-order chi connectivity index (χ1) is 12.4. The second kappa shape index (κ2) is 6.00. The van der Waals surface area contributed by atoms with Gasteiger partial charge in [0.1, 0.15) is 17.2 Å². The lowest BCUT2D eigenvalue weighted by molar-refractivity contribution is 0.103. The minimum absolute atomic E-state index is 0.0467. The summed E-state index contributed by atoms with van der Waals surface area (Å²) in [5.74, 6) is -0.676. The predicted molar refractivity (Wildman–Crippen MR) is 100 cm³/mol. The van der Waals surface area contributed by atoms with Crippen LogP contribution in [0.2, 0.25) is 5.02 Å². The van der Waals surface area contributed by atoms with Crippen LogP contribution in [-0.4, -0.2) is 51.3 Å². The summed E-state index contributed by atoms with van der Waals surface area (Å²) in [6.07, 6.45) is 0.883. The van der Waals surface area contributed by atoms with Crippen LogP contribution in [0.25, 0.3) is 22.2 Å². The smallest absolute Gasteiger partial charge is 0.199 e. The Kier molecular flexibility index (Phi) is 3.89. The minimum Gasteiger partial charge on any atom is -0.507 e. The fourth-order valence-electron chi connectivity index (χ4n) is 3.53. The maximum absolute atomic E-state index is 13.0. The number of nitrogens with zero attached hydrogens (tertiary/aromatic N) is 3. The van der Waals surface area contributed by atoms with Gasteiger partial charge in [0.25, 0.3) is 0 Å². The summed E-state index contributed by atoms with van der Waals surface area (Å²) in [7, 11) is 4.02. The molecule has 26 heavy (non-hydrogen) atoms. The Balaban J connectivity index is 1.99. The van der Waals surface area contributed by atoms with Gasteiger partial charge in [0, 0.05) is 11.9 Å². The number of aryl methyl sites for hydroxylation is 1. The van der Waals surface area contributed by atoms with Crippen molar-refractivity contribution in [3.63, 3.8) is 0 Å². The van der Waals surface area contributed by atoms with Crippen molar-refractivity contribution in [2.75, 3.05) is 20.6 Å². The number of rotatable bonds is 4. The first kappa shape index (κ1) is 16.9. The van der Waals surface area contributed by atoms with E-state index >= 15 is 0 Å². The van der Waals surface area contributed by atoms with Crippen molar-refractivity contribution in [1.29, 1.82) is 0 Å². The molecule has 3 aromatic rings. The molecule has 134 valence electrons. The summed E-state index contributed by atoms with van der Waals surface area (Å²) in [5.41, 5.74) is 1.91. The van der Waals surface area contributed by atoms with Crippen molar-refractivity contribution in [3.05, 3.63) is 40.4 Å². The molecule has 0 atom stereocenters. The van der Waals surface area contributed by atoms with E-state index in [1.807, 2.05) is 24.8 Å². The molecule has 0 saturated carbocycles. The van der Waals surface area contributed by atoms with Crippen LogP contribution < -0.4 is 0 Å². The van der Waals surface area contributed by atoms with Crippen LogP contribution in [0.4, 0.5) is 0 Å². The Morgan fingerprint density at radius 1 is 1.08 bits per heavy atom. The van der Waals surface area contributed by atoms with Crippen LogP contribution in [0.1, 0.15) is 22.3 Å². The molecule has 0 radical (unpaired) electrons. The molecule has 1 aliphatic rings. The first-order valence-electron chi connectivity index (χ1n) is 8.34. The summed E-state index contributed by atoms with van der Waals surface area (Å²) in [6.45, 7) is 1.57. The molecule has 0 unspecified atom stereocenters. The van der Waals surface area contributed by atoms with E-state index in [-0.39, 0.29) is 22.6 Å². The number of phenols is 2. The zero-order valence-electron chi connectivity index (χ0n) is 14.5. The van der Waals surface area contributed by atoms with Gasteiger partial charge in [-0.3, -0.25) is 9.48 Å². The van der Waals surface area contributed by atoms with Crippen molar-refractivity contribution in [3.8, 4) is 22.8 Å². The minimum atomic E-state index is -0.399. The third-order valence-corrected chi connectivity index (χ3v) is 5.01. The molecule has 0 bridgehead atoms. The molecule has 0 fully saturated rings. The molecule has 6 nitrogen and oxygen atoms in total. The van der Waals surface area contributed by atoms with Crippen molar-refractivity contribution >= 4 is 28.3 Å². The van der Waals surface area contributed by atoms with E-state index < -0.39 is 5.78 Å². The largest absolute Gasteiger partial charge is 0.507 e. The number of carbonyl (C=O) groups is 1. The zero-order valence-corrected chi connectivity index (χ0v) is 15.2. The molecule has 1 aromatic heterocycles. The highest BCUT2D eigenvalue weighted by molar-refractivity contribution is 6.39. The van der Waals surface area contributed by atoms with Gasteiger partial charge >= 0.3 is 0 Å². The molecular formula is C19H18ClN3O3. The highest BCUT2D eigenvalue weighted by Gasteiger charge is 2.34. The van der Waals surface area contributed by atoms with Crippen LogP contribution in [0.5, 0.6) is 11.5 Å². The molecule has 2 N–H and O–H groups in total. The number of hydrogen-bond acceptors (Lipinski definition) is 5. The lowest BCUT2D eigenvalue weighted by atomic mass is 9.86. The Morgan fingerprint density at radius 3 is 2.46 bits per heavy atom. The topological polar surface area (TPSA) is 78.6 Å². The van der Waals surface area contributed by atoms with Gasteiger partial charge in [0.15, 0.2) is 5.78 Å². The predicted octanol–water partition coefficient (Wildman–Crippen LogP) is 3.26. The van der Waals surface area contributed by atoms with E-state index in [9.17, 15) is 15.0 Å². The number of benzene rings is 2. The molecule has 7 heteroatoms. The van der Waals surface area contributed by atoms with Gasteiger partial charge in [-0.05, 0) is 51.3 Å². The van der Waals surface area contributed by atoms with E-state index in [2.05, 4.69) is 10.00 Å². The highest BCUT2D eigenvalue weighted by atomic mass is 35.5. The van der Waals surface area contributed by atoms with Crippen LogP contribution in [-0.2, 0) is 6.54 Å². The number of halogens is 1. The summed E-state index contributed by atoms with van der Waals surface area (Å²) < 4.78 is 1.83. The zero-order chi connectivity index (χ0) is 18.6. The van der Waals surface area contributed by atoms with Gasteiger partial charge in [-0.1, -0.05) is 11.6 Å². The van der Waals surface area contributed by atoms with E-state index in [1.165, 1.54) is 12.1 Å². The standard InChI is InChI=1S/C19H18ClN3O3/c1-22(2)8-3-9-23-11-5-4-10(20)14-15(11)18(21-23)16-12(24)6-7-13(25)17(16)19(14)26/h4-7,24-25H,3,8-9H2,1-2H3. The number of aromatic hydroxyl groups is 2. The second-order valence-corrected chi connectivity index (χ2v) is 7.14. The Labute approximate surface area is 155 Å². The lowest BCUT2D eigenvalue weighted by Gasteiger charge is -2.17. The average Bonchev–Trinajstić information content (AvgIpc) is 2.94. The van der Waals surface area contributed by atoms with Gasteiger partial charge in [0.05, 0.1) is 27.2 Å². The number of carbonyl (C=O) groups excluding carboxylic acids is 1. The molecular weight excluding hydrogens is 354 g/mol. The van der Waals surface area contributed by atoms with Crippen molar-refractivity contribution in [1.82, 2.24) is 14.7 Å². The Bertz CT molecular complexity index is 1060. The Morgan fingerprint density at radius 2 is 1.77 bits per heavy atom. The quantitative estimate of drug-likeness (QED) is 0.538. The third-order valence-electron chi connectivity index (χ3n) is 4.70. The van der Waals surface area contributed by atoms with Gasteiger partial charge in [-0.2, -0.15) is 5.10 Å². The van der Waals surface area contributed by atoms with Crippen molar-refractivity contribution < 1.29 is 15.0 Å². The molecule has 2 aromatic carbocycles. The van der Waals surface area contributed by atoms with Crippen LogP contribution in [0.3, 0.4) is 0 Å². The number of phenolic OH excluding ortho intramolecular Hbond substituents is 2. The maximum atomic E-state index is 13.0. The monoisotopic (exact) mass is 371 g/mol. The molecule has 0 aliphatic heterocycles. The first-order valence-corrected chi connectivity index (χ1v) is 8.71. The highest BCUT2D eigenvalue weighted by Crippen LogP contribution is 2.47. The Hall–Kier alpha value is -2.57. The van der Waals surface area contributed by atoms with E-state index in [0.29, 0.717) is 28.2 Å². The van der Waals surface area contributed by atoms with E-state index in [1.54, 1.807) is 6.07 Å². The van der Waals surface area contributed by atoms with Crippen LogP contribution in [0, 0.1) is 0 Å². The number of aromatic nitrogens is 2. The molecule has 0 saturated heterocycles. The molecule has 4 rings (SSSR count). The summed E-state index contributed by atoms with van der Waals surface area (Å²) in [4.78, 5) is 15.1. The number of hydrogen-bond donors (Lipinski definition) is 2. The van der Waals surface area contributed by atoms with Gasteiger partial charge < -0.3 is 15.1 Å². The summed E-state index contributed by atoms with van der Waals surface area (Å²) in [5, 5.41) is 26.2. The average molecular weight is 372 g/mol. The summed E-state index contributed by atoms with van der Waals surface area (Å²) in [6, 6.07) is 6.19. The van der Waals surface area contributed by atoms with Gasteiger partial charge in [-0.25, -0.2) is 0 Å². The fraction of sp³-hybridized carbons (Fsp3) is 0.263. The molecule has 1 aliphatic carbocycles. The SMILES string of the molecule is CN(C)CCCn1nc2c3c(c(Cl)ccc31)C(=O)c1c(O)ccc(O)c1-2. The maximum Gasteiger partial charge on any atom is 0.199 e. The fourth-order valence-corrected chi connectivity index (χ4v) is 3.77. The number of ketones is 1. The molecule has 0 amide bonds. The number of fused-ring (bicyclic) bond motifs is 2. The van der Waals surface area contributed by atoms with Gasteiger partial charge in [-0.15, -0.1) is 0 Å². The van der Waals surface area contributed by atoms with Crippen molar-refractivity contribution in [2.24, 2.45) is 0 Å². The van der Waals surface area contributed by atoms with E-state index in [0.717, 1.165) is 18.5 Å². The second-order valence-electron chi connectivity index (χ2n) is 6.73. The molecule has 1 heterocycles. The lowest BCUT2D eigenvalue weighted by Crippen LogP contribution is -2.15. The van der Waals surface area contributed by atoms with Crippen molar-refractivity contribution in [2.45, 2.75) is 13.0 Å². The summed E-state index contributed by atoms with van der Waals surface area (Å²) >= 11 is 6.31. The normalized spacial score (nSPS) is 12.8. The van der Waals surface area contributed by atoms with Crippen LogP contribution in [0.15, 0.2) is 24.3 Å². The van der Waals surface area contributed by atoms with E-state index in [4.69, 9.17) is 11.6 Å².